The highest BCUT2D eigenvalue weighted by Gasteiger charge is 2.30. The predicted octanol–water partition coefficient (Wildman–Crippen LogP) is 4.41. The third-order valence-corrected chi connectivity index (χ3v) is 5.24. The quantitative estimate of drug-likeness (QED) is 0.732. The predicted molar refractivity (Wildman–Crippen MR) is 97.3 cm³/mol. The van der Waals surface area contributed by atoms with Gasteiger partial charge < -0.3 is 5.32 Å². The number of benzene rings is 2. The van der Waals surface area contributed by atoms with Crippen LogP contribution >= 0.6 is 0 Å². The lowest BCUT2D eigenvalue weighted by atomic mass is 9.90. The Morgan fingerprint density at radius 1 is 0.963 bits per heavy atom. The molecule has 2 aromatic rings. The molecule has 1 fully saturated rings. The van der Waals surface area contributed by atoms with Crippen molar-refractivity contribution >= 4 is 10.1 Å². The van der Waals surface area contributed by atoms with Gasteiger partial charge >= 0.3 is 6.18 Å². The minimum absolute atomic E-state index is 0.0666. The van der Waals surface area contributed by atoms with Gasteiger partial charge in [-0.05, 0) is 68.6 Å². The largest absolute Gasteiger partial charge is 0.416 e. The first kappa shape index (κ1) is 21.4. The Balaban J connectivity index is 0.000000208. The van der Waals surface area contributed by atoms with Crippen LogP contribution in [0.4, 0.5) is 13.2 Å². The molecule has 27 heavy (non-hydrogen) atoms. The highest BCUT2D eigenvalue weighted by molar-refractivity contribution is 7.85. The van der Waals surface area contributed by atoms with Crippen molar-refractivity contribution in [2.24, 2.45) is 0 Å². The fraction of sp³-hybridized carbons (Fsp3) is 0.368. The standard InChI is InChI=1S/C12H14F3N.C7H8O3S/c13-12(14,15)11-3-1-9(2-4-11)10-5-7-16-8-6-10;1-6-2-4-7(5-3-6)11(8,9)10/h1-4,10,16H,5-8H2;2-5H,1H3,(H,8,9,10). The third kappa shape index (κ3) is 6.64. The number of piperidine rings is 1. The van der Waals surface area contributed by atoms with Gasteiger partial charge in [0.05, 0.1) is 10.5 Å². The summed E-state index contributed by atoms with van der Waals surface area (Å²) in [7, 11) is -4.02. The van der Waals surface area contributed by atoms with Gasteiger partial charge in [-0.25, -0.2) is 0 Å². The van der Waals surface area contributed by atoms with Gasteiger partial charge in [-0.15, -0.1) is 0 Å². The van der Waals surface area contributed by atoms with E-state index in [0.29, 0.717) is 5.92 Å². The number of rotatable bonds is 2. The molecule has 0 unspecified atom stereocenters. The number of halogens is 3. The van der Waals surface area contributed by atoms with Crippen molar-refractivity contribution in [2.75, 3.05) is 13.1 Å². The lowest BCUT2D eigenvalue weighted by Gasteiger charge is -2.23. The third-order valence-electron chi connectivity index (χ3n) is 4.37. The number of hydrogen-bond donors (Lipinski definition) is 2. The Bertz CT molecular complexity index is 826. The van der Waals surface area contributed by atoms with Crippen molar-refractivity contribution in [1.82, 2.24) is 5.32 Å². The second-order valence-corrected chi connectivity index (χ2v) is 7.85. The first-order valence-electron chi connectivity index (χ1n) is 8.49. The molecule has 1 saturated heterocycles. The summed E-state index contributed by atoms with van der Waals surface area (Å²) in [4.78, 5) is -0.0666. The van der Waals surface area contributed by atoms with Gasteiger partial charge in [0.25, 0.3) is 10.1 Å². The molecule has 0 saturated carbocycles. The van der Waals surface area contributed by atoms with Crippen LogP contribution in [0, 0.1) is 6.92 Å². The van der Waals surface area contributed by atoms with E-state index < -0.39 is 21.9 Å². The minimum Gasteiger partial charge on any atom is -0.317 e. The van der Waals surface area contributed by atoms with Crippen LogP contribution in [0.15, 0.2) is 53.4 Å². The van der Waals surface area contributed by atoms with Gasteiger partial charge in [-0.2, -0.15) is 21.6 Å². The van der Waals surface area contributed by atoms with Gasteiger partial charge in [0, 0.05) is 0 Å². The van der Waals surface area contributed by atoms with Crippen LogP contribution in [-0.2, 0) is 16.3 Å². The van der Waals surface area contributed by atoms with Crippen molar-refractivity contribution in [3.05, 3.63) is 65.2 Å². The maximum Gasteiger partial charge on any atom is 0.416 e. The zero-order chi connectivity index (χ0) is 20.1. The van der Waals surface area contributed by atoms with Gasteiger partial charge in [0.1, 0.15) is 0 Å². The Labute approximate surface area is 157 Å². The molecular formula is C19H22F3NO3S. The van der Waals surface area contributed by atoms with Crippen LogP contribution < -0.4 is 5.32 Å². The molecule has 0 amide bonds. The molecular weight excluding hydrogens is 379 g/mol. The molecule has 2 N–H and O–H groups in total. The van der Waals surface area contributed by atoms with E-state index in [2.05, 4.69) is 5.32 Å². The second-order valence-electron chi connectivity index (χ2n) is 6.43. The number of aryl methyl sites for hydroxylation is 1. The molecule has 0 aromatic heterocycles. The summed E-state index contributed by atoms with van der Waals surface area (Å²) < 4.78 is 66.6. The first-order valence-corrected chi connectivity index (χ1v) is 9.93. The van der Waals surface area contributed by atoms with E-state index in [1.54, 1.807) is 24.3 Å². The summed E-state index contributed by atoms with van der Waals surface area (Å²) in [5.41, 5.74) is 1.41. The van der Waals surface area contributed by atoms with Gasteiger partial charge in [-0.1, -0.05) is 29.8 Å². The number of hydrogen-bond acceptors (Lipinski definition) is 3. The summed E-state index contributed by atoms with van der Waals surface area (Å²) in [5.74, 6) is 0.406. The molecule has 1 heterocycles. The van der Waals surface area contributed by atoms with Crippen LogP contribution in [0.3, 0.4) is 0 Å². The van der Waals surface area contributed by atoms with E-state index >= 15 is 0 Å². The van der Waals surface area contributed by atoms with Crippen molar-refractivity contribution in [1.29, 1.82) is 0 Å². The average Bonchev–Trinajstić information content (AvgIpc) is 2.62. The molecule has 4 nitrogen and oxygen atoms in total. The van der Waals surface area contributed by atoms with Crippen LogP contribution in [0.25, 0.3) is 0 Å². The highest BCUT2D eigenvalue weighted by Crippen LogP contribution is 2.31. The Hall–Kier alpha value is -1.90. The zero-order valence-electron chi connectivity index (χ0n) is 14.8. The fourth-order valence-corrected chi connectivity index (χ4v) is 3.29. The Morgan fingerprint density at radius 3 is 1.93 bits per heavy atom. The molecule has 8 heteroatoms. The maximum absolute atomic E-state index is 12.4. The molecule has 148 valence electrons. The minimum atomic E-state index is -4.23. The Kier molecular flexibility index (Phi) is 7.02. The number of nitrogens with one attached hydrogen (secondary N) is 1. The second kappa shape index (κ2) is 8.86. The summed E-state index contributed by atoms with van der Waals surface area (Å²) in [5, 5.41) is 3.24. The molecule has 0 aliphatic carbocycles. The molecule has 0 spiro atoms. The van der Waals surface area contributed by atoms with Gasteiger partial charge in [-0.3, -0.25) is 4.55 Å². The lowest BCUT2D eigenvalue weighted by molar-refractivity contribution is -0.137. The highest BCUT2D eigenvalue weighted by atomic mass is 32.2. The van der Waals surface area contributed by atoms with Crippen LogP contribution in [0.5, 0.6) is 0 Å². The molecule has 3 rings (SSSR count). The van der Waals surface area contributed by atoms with Crippen LogP contribution in [0.1, 0.15) is 35.4 Å². The van der Waals surface area contributed by atoms with E-state index in [-0.39, 0.29) is 4.90 Å². The summed E-state index contributed by atoms with van der Waals surface area (Å²) in [6, 6.07) is 11.6. The normalized spacial score (nSPS) is 15.7. The van der Waals surface area contributed by atoms with Crippen molar-refractivity contribution in [3.8, 4) is 0 Å². The van der Waals surface area contributed by atoms with Crippen molar-refractivity contribution in [3.63, 3.8) is 0 Å². The molecule has 0 atom stereocenters. The Morgan fingerprint density at radius 2 is 1.48 bits per heavy atom. The number of alkyl halides is 3. The first-order chi connectivity index (χ1) is 12.6. The maximum atomic E-state index is 12.4. The molecule has 1 aliphatic rings. The molecule has 1 aliphatic heterocycles. The van der Waals surface area contributed by atoms with Crippen LogP contribution in [0.2, 0.25) is 0 Å². The van der Waals surface area contributed by atoms with E-state index in [0.717, 1.165) is 37.1 Å². The molecule has 0 bridgehead atoms. The van der Waals surface area contributed by atoms with E-state index in [1.165, 1.54) is 24.3 Å². The topological polar surface area (TPSA) is 66.4 Å². The van der Waals surface area contributed by atoms with E-state index in [9.17, 15) is 21.6 Å². The van der Waals surface area contributed by atoms with Crippen molar-refractivity contribution < 1.29 is 26.1 Å². The monoisotopic (exact) mass is 401 g/mol. The van der Waals surface area contributed by atoms with E-state index in [4.69, 9.17) is 4.55 Å². The SMILES string of the molecule is Cc1ccc(S(=O)(=O)O)cc1.FC(F)(F)c1ccc(C2CCNCC2)cc1. The van der Waals surface area contributed by atoms with Gasteiger partial charge in [0.2, 0.25) is 0 Å². The lowest BCUT2D eigenvalue weighted by Crippen LogP contribution is -2.26. The smallest absolute Gasteiger partial charge is 0.317 e. The zero-order valence-corrected chi connectivity index (χ0v) is 15.6. The average molecular weight is 401 g/mol. The summed E-state index contributed by atoms with van der Waals surface area (Å²) in [6.07, 6.45) is -2.22. The molecule has 2 aromatic carbocycles. The summed E-state index contributed by atoms with van der Waals surface area (Å²) >= 11 is 0. The van der Waals surface area contributed by atoms with Crippen LogP contribution in [-0.4, -0.2) is 26.1 Å². The fourth-order valence-electron chi connectivity index (χ4n) is 2.81. The van der Waals surface area contributed by atoms with Gasteiger partial charge in [0.15, 0.2) is 0 Å². The van der Waals surface area contributed by atoms with E-state index in [1.807, 2.05) is 6.92 Å². The summed E-state index contributed by atoms with van der Waals surface area (Å²) in [6.45, 7) is 3.74. The molecule has 0 radical (unpaired) electrons. The van der Waals surface area contributed by atoms with Crippen molar-refractivity contribution in [2.45, 2.75) is 36.8 Å².